The molecule has 56 valence electrons. The molecular weight excluding hydrogens is 124 g/mol. The molecule has 0 aliphatic heterocycles. The van der Waals surface area contributed by atoms with Gasteiger partial charge in [0.15, 0.2) is 0 Å². The lowest BCUT2D eigenvalue weighted by Gasteiger charge is -1.88. The maximum atomic E-state index is 7.00. The quantitative estimate of drug-likeness (QED) is 0.581. The first-order valence-corrected chi connectivity index (χ1v) is 3.38. The van der Waals surface area contributed by atoms with Crippen molar-refractivity contribution in [2.75, 3.05) is 0 Å². The predicted molar refractivity (Wildman–Crippen MR) is 45.9 cm³/mol. The first-order chi connectivity index (χ1) is 4.63. The molecule has 0 saturated heterocycles. The molecular formula is C8H14N2. The van der Waals surface area contributed by atoms with Gasteiger partial charge in [-0.2, -0.15) is 0 Å². The number of nitrogens with one attached hydrogen (secondary N) is 1. The van der Waals surface area contributed by atoms with Crippen molar-refractivity contribution in [2.24, 2.45) is 10.9 Å². The highest BCUT2D eigenvalue weighted by atomic mass is 14.7. The molecule has 0 aromatic carbocycles. The first-order valence-electron chi connectivity index (χ1n) is 3.38. The van der Waals surface area contributed by atoms with Crippen LogP contribution < -0.4 is 0 Å². The fourth-order valence-electron chi connectivity index (χ4n) is 0.377. The first kappa shape index (κ1) is 9.08. The van der Waals surface area contributed by atoms with Crippen LogP contribution in [-0.4, -0.2) is 11.9 Å². The number of hydrogen-bond donors (Lipinski definition) is 1. The average molecular weight is 138 g/mol. The van der Waals surface area contributed by atoms with E-state index < -0.39 is 0 Å². The van der Waals surface area contributed by atoms with E-state index in [1.165, 1.54) is 6.21 Å². The van der Waals surface area contributed by atoms with Crippen LogP contribution in [-0.2, 0) is 0 Å². The summed E-state index contributed by atoms with van der Waals surface area (Å²) in [5.41, 5.74) is 0.480. The Morgan fingerprint density at radius 1 is 1.50 bits per heavy atom. The zero-order valence-corrected chi connectivity index (χ0v) is 6.76. The molecule has 0 atom stereocenters. The van der Waals surface area contributed by atoms with E-state index in [-0.39, 0.29) is 0 Å². The predicted octanol–water partition coefficient (Wildman–Crippen LogP) is 2.27. The Bertz CT molecular complexity index is 155. The van der Waals surface area contributed by atoms with Gasteiger partial charge in [0.05, 0.1) is 0 Å². The molecule has 0 heterocycles. The summed E-state index contributed by atoms with van der Waals surface area (Å²) in [7, 11) is 0. The lowest BCUT2D eigenvalue weighted by molar-refractivity contribution is 0.829. The van der Waals surface area contributed by atoms with Crippen molar-refractivity contribution in [3.05, 3.63) is 12.3 Å². The van der Waals surface area contributed by atoms with Gasteiger partial charge in [0.25, 0.3) is 0 Å². The Hall–Kier alpha value is -0.920. The van der Waals surface area contributed by atoms with Crippen molar-refractivity contribution in [1.82, 2.24) is 0 Å². The molecule has 0 radical (unpaired) electrons. The van der Waals surface area contributed by atoms with Crippen LogP contribution in [0.4, 0.5) is 0 Å². The fraction of sp³-hybridized carbons (Fsp3) is 0.500. The molecule has 0 amide bonds. The maximum absolute atomic E-state index is 7.00. The molecule has 0 spiro atoms. The van der Waals surface area contributed by atoms with Gasteiger partial charge in [0.2, 0.25) is 0 Å². The Labute approximate surface area is 62.2 Å². The Kier molecular flexibility index (Phi) is 4.46. The van der Waals surface area contributed by atoms with Crippen molar-refractivity contribution >= 4 is 11.9 Å². The Morgan fingerprint density at radius 3 is 2.50 bits per heavy atom. The van der Waals surface area contributed by atoms with E-state index in [4.69, 9.17) is 5.41 Å². The summed E-state index contributed by atoms with van der Waals surface area (Å²) in [6, 6.07) is 0. The second-order valence-corrected chi connectivity index (χ2v) is 2.55. The van der Waals surface area contributed by atoms with Crippen molar-refractivity contribution in [1.29, 1.82) is 5.41 Å². The highest BCUT2D eigenvalue weighted by Gasteiger charge is 1.79. The normalized spacial score (nSPS) is 12.0. The number of rotatable bonds is 3. The average Bonchev–Trinajstić information content (AvgIpc) is 1.79. The molecule has 2 heteroatoms. The fourth-order valence-corrected chi connectivity index (χ4v) is 0.377. The zero-order chi connectivity index (χ0) is 7.98. The minimum Gasteiger partial charge on any atom is -0.304 e. The molecule has 2 nitrogen and oxygen atoms in total. The number of nitrogens with zero attached hydrogens (tertiary/aromatic N) is 1. The van der Waals surface area contributed by atoms with Crippen molar-refractivity contribution in [2.45, 2.75) is 20.8 Å². The molecule has 0 saturated carbocycles. The highest BCUT2D eigenvalue weighted by Crippen LogP contribution is 1.92. The van der Waals surface area contributed by atoms with Gasteiger partial charge in [0.1, 0.15) is 0 Å². The topological polar surface area (TPSA) is 36.2 Å². The SMILES string of the molecule is CC(=N)C=N/C=C\C(C)C. The molecule has 0 aromatic heterocycles. The lowest BCUT2D eigenvalue weighted by atomic mass is 10.2. The maximum Gasteiger partial charge on any atom is 0.0472 e. The molecule has 0 unspecified atom stereocenters. The van der Waals surface area contributed by atoms with Crippen LogP contribution in [0.15, 0.2) is 17.3 Å². The number of aliphatic imine (C=N–C) groups is 1. The van der Waals surface area contributed by atoms with Crippen molar-refractivity contribution in [3.63, 3.8) is 0 Å². The molecule has 0 aliphatic rings. The van der Waals surface area contributed by atoms with Gasteiger partial charge in [-0.15, -0.1) is 0 Å². The van der Waals surface area contributed by atoms with Crippen LogP contribution in [0, 0.1) is 11.3 Å². The van der Waals surface area contributed by atoms with Crippen molar-refractivity contribution in [3.8, 4) is 0 Å². The molecule has 0 rings (SSSR count). The molecule has 10 heavy (non-hydrogen) atoms. The summed E-state index contributed by atoms with van der Waals surface area (Å²) in [6.45, 7) is 5.87. The largest absolute Gasteiger partial charge is 0.304 e. The molecule has 1 N–H and O–H groups in total. The minimum atomic E-state index is 0.480. The minimum absolute atomic E-state index is 0.480. The van der Waals surface area contributed by atoms with E-state index in [9.17, 15) is 0 Å². The van der Waals surface area contributed by atoms with Crippen LogP contribution in [0.1, 0.15) is 20.8 Å². The Balaban J connectivity index is 3.62. The summed E-state index contributed by atoms with van der Waals surface area (Å²) in [5, 5.41) is 7.00. The van der Waals surface area contributed by atoms with Crippen LogP contribution in [0.5, 0.6) is 0 Å². The third kappa shape index (κ3) is 7.08. The summed E-state index contributed by atoms with van der Waals surface area (Å²) >= 11 is 0. The summed E-state index contributed by atoms with van der Waals surface area (Å²) in [6.07, 6.45) is 5.24. The van der Waals surface area contributed by atoms with Crippen LogP contribution >= 0.6 is 0 Å². The van der Waals surface area contributed by atoms with Crippen molar-refractivity contribution < 1.29 is 0 Å². The third-order valence-electron chi connectivity index (χ3n) is 0.825. The van der Waals surface area contributed by atoms with Gasteiger partial charge in [0, 0.05) is 18.1 Å². The second kappa shape index (κ2) is 4.91. The van der Waals surface area contributed by atoms with Crippen LogP contribution in [0.3, 0.4) is 0 Å². The van der Waals surface area contributed by atoms with E-state index >= 15 is 0 Å². The van der Waals surface area contributed by atoms with Gasteiger partial charge < -0.3 is 5.41 Å². The van der Waals surface area contributed by atoms with E-state index in [1.54, 1.807) is 13.1 Å². The molecule has 0 fully saturated rings. The van der Waals surface area contributed by atoms with Gasteiger partial charge in [-0.3, -0.25) is 4.99 Å². The second-order valence-electron chi connectivity index (χ2n) is 2.55. The summed E-state index contributed by atoms with van der Waals surface area (Å²) < 4.78 is 0. The number of hydrogen-bond acceptors (Lipinski definition) is 2. The Morgan fingerprint density at radius 2 is 2.10 bits per heavy atom. The molecule has 0 aliphatic carbocycles. The monoisotopic (exact) mass is 138 g/mol. The van der Waals surface area contributed by atoms with E-state index in [1.807, 2.05) is 6.08 Å². The zero-order valence-electron chi connectivity index (χ0n) is 6.76. The molecule has 0 aromatic rings. The van der Waals surface area contributed by atoms with Crippen LogP contribution in [0.25, 0.3) is 0 Å². The number of allylic oxidation sites excluding steroid dienone is 1. The highest BCUT2D eigenvalue weighted by molar-refractivity contribution is 6.27. The van der Waals surface area contributed by atoms with E-state index in [0.29, 0.717) is 11.6 Å². The summed E-state index contributed by atoms with van der Waals surface area (Å²) in [4.78, 5) is 3.88. The third-order valence-corrected chi connectivity index (χ3v) is 0.825. The smallest absolute Gasteiger partial charge is 0.0472 e. The van der Waals surface area contributed by atoms with E-state index in [0.717, 1.165) is 0 Å². The van der Waals surface area contributed by atoms with Gasteiger partial charge >= 0.3 is 0 Å². The van der Waals surface area contributed by atoms with Gasteiger partial charge in [-0.1, -0.05) is 19.9 Å². The standard InChI is InChI=1S/C8H14N2/c1-7(2)4-5-10-6-8(3)9/h4-7,9H,1-3H3/b5-4-,9-8?,10-6?. The van der Waals surface area contributed by atoms with E-state index in [2.05, 4.69) is 18.8 Å². The lowest BCUT2D eigenvalue weighted by Crippen LogP contribution is -1.86. The van der Waals surface area contributed by atoms with Gasteiger partial charge in [-0.25, -0.2) is 0 Å². The van der Waals surface area contributed by atoms with Gasteiger partial charge in [-0.05, 0) is 12.8 Å². The molecule has 0 bridgehead atoms. The van der Waals surface area contributed by atoms with Crippen LogP contribution in [0.2, 0.25) is 0 Å². The summed E-state index contributed by atoms with van der Waals surface area (Å²) in [5.74, 6) is 0.531.